The second-order valence-electron chi connectivity index (χ2n) is 8.60. The van der Waals surface area contributed by atoms with Gasteiger partial charge in [0.05, 0.1) is 18.1 Å². The molecule has 0 spiro atoms. The van der Waals surface area contributed by atoms with Gasteiger partial charge in [0, 0.05) is 11.5 Å². The minimum Gasteiger partial charge on any atom is -0.496 e. The Bertz CT molecular complexity index is 1140. The van der Waals surface area contributed by atoms with Crippen molar-refractivity contribution in [3.8, 4) is 5.75 Å². The molecule has 4 rings (SSSR count). The summed E-state index contributed by atoms with van der Waals surface area (Å²) in [5.41, 5.74) is 9.54. The number of aromatic nitrogens is 2. The molecule has 1 aliphatic carbocycles. The highest BCUT2D eigenvalue weighted by atomic mass is 16.5. The molecular weight excluding hydrogens is 380 g/mol. The van der Waals surface area contributed by atoms with E-state index in [2.05, 4.69) is 36.3 Å². The van der Waals surface area contributed by atoms with Crippen LogP contribution in [0.15, 0.2) is 16.5 Å². The monoisotopic (exact) mass is 408 g/mol. The van der Waals surface area contributed by atoms with Crippen LogP contribution in [0.3, 0.4) is 0 Å². The molecule has 1 aromatic carbocycles. The van der Waals surface area contributed by atoms with Crippen LogP contribution in [0, 0.1) is 20.8 Å². The zero-order valence-electron chi connectivity index (χ0n) is 18.3. The van der Waals surface area contributed by atoms with E-state index >= 15 is 0 Å². The quantitative estimate of drug-likeness (QED) is 0.628. The van der Waals surface area contributed by atoms with Crippen LogP contribution < -0.4 is 15.8 Å². The molecular formula is C23H28N4O3. The van der Waals surface area contributed by atoms with Gasteiger partial charge < -0.3 is 20.2 Å². The van der Waals surface area contributed by atoms with Crippen LogP contribution in [-0.4, -0.2) is 28.5 Å². The predicted molar refractivity (Wildman–Crippen MR) is 116 cm³/mol. The number of methoxy groups -OCH3 is 1. The summed E-state index contributed by atoms with van der Waals surface area (Å²) >= 11 is 0. The summed E-state index contributed by atoms with van der Waals surface area (Å²) in [5, 5.41) is 4.05. The molecule has 0 saturated heterocycles. The third-order valence-corrected chi connectivity index (χ3v) is 5.99. The zero-order valence-corrected chi connectivity index (χ0v) is 18.3. The molecule has 1 unspecified atom stereocenters. The van der Waals surface area contributed by atoms with Crippen LogP contribution in [0.5, 0.6) is 5.75 Å². The Balaban J connectivity index is 1.86. The van der Waals surface area contributed by atoms with E-state index in [-0.39, 0.29) is 11.5 Å². The van der Waals surface area contributed by atoms with Gasteiger partial charge >= 0.3 is 0 Å². The van der Waals surface area contributed by atoms with E-state index in [1.54, 1.807) is 14.0 Å². The lowest BCUT2D eigenvalue weighted by atomic mass is 9.95. The van der Waals surface area contributed by atoms with Crippen molar-refractivity contribution in [2.75, 3.05) is 12.4 Å². The number of furan rings is 1. The molecule has 2 aromatic heterocycles. The predicted octanol–water partition coefficient (Wildman–Crippen LogP) is 4.37. The number of fused-ring (bicyclic) bond motifs is 1. The Hall–Kier alpha value is -3.09. The number of amides is 1. The number of hydrogen-bond acceptors (Lipinski definition) is 6. The van der Waals surface area contributed by atoms with Crippen molar-refractivity contribution in [1.82, 2.24) is 9.97 Å². The van der Waals surface area contributed by atoms with Gasteiger partial charge in [0.25, 0.3) is 5.91 Å². The molecule has 30 heavy (non-hydrogen) atoms. The van der Waals surface area contributed by atoms with E-state index < -0.39 is 5.91 Å². The van der Waals surface area contributed by atoms with Gasteiger partial charge in [0.2, 0.25) is 5.71 Å². The molecule has 0 bridgehead atoms. The molecule has 7 nitrogen and oxygen atoms in total. The maximum Gasteiger partial charge on any atom is 0.253 e. The van der Waals surface area contributed by atoms with Gasteiger partial charge in [-0.25, -0.2) is 4.98 Å². The Labute approximate surface area is 176 Å². The normalized spacial score (nSPS) is 15.8. The molecule has 0 aliphatic heterocycles. The lowest BCUT2D eigenvalue weighted by Gasteiger charge is -2.18. The minimum atomic E-state index is -0.541. The standard InChI is InChI=1S/C23H28N4O3/c1-11-9-15(10-12(2)18(11)29-6)13(3)20-25-21(27-23(5)7-8-23)17-16(19(24)28)14(4)30-22(17)26-20/h9-10,13H,7-8H2,1-6H3,(H2,24,28)(H,25,26,27). The summed E-state index contributed by atoms with van der Waals surface area (Å²) in [6, 6.07) is 4.20. The fourth-order valence-electron chi connectivity index (χ4n) is 4.01. The van der Waals surface area contributed by atoms with Crippen molar-refractivity contribution in [2.45, 2.75) is 58.9 Å². The van der Waals surface area contributed by atoms with Crippen LogP contribution in [0.25, 0.3) is 11.1 Å². The van der Waals surface area contributed by atoms with Crippen molar-refractivity contribution in [3.63, 3.8) is 0 Å². The van der Waals surface area contributed by atoms with Crippen molar-refractivity contribution < 1.29 is 13.9 Å². The molecule has 7 heteroatoms. The number of carbonyl (C=O) groups excluding carboxylic acids is 1. The van der Waals surface area contributed by atoms with Crippen molar-refractivity contribution in [1.29, 1.82) is 0 Å². The molecule has 1 saturated carbocycles. The maximum absolute atomic E-state index is 12.1. The second kappa shape index (κ2) is 7.00. The number of rotatable bonds is 6. The van der Waals surface area contributed by atoms with Gasteiger partial charge in [-0.2, -0.15) is 4.98 Å². The number of carbonyl (C=O) groups is 1. The Morgan fingerprint density at radius 2 is 1.87 bits per heavy atom. The van der Waals surface area contributed by atoms with Gasteiger partial charge in [-0.05, 0) is 57.2 Å². The van der Waals surface area contributed by atoms with E-state index in [1.165, 1.54) is 0 Å². The second-order valence-corrected chi connectivity index (χ2v) is 8.60. The van der Waals surface area contributed by atoms with Crippen LogP contribution in [0.4, 0.5) is 5.82 Å². The third-order valence-electron chi connectivity index (χ3n) is 5.99. The summed E-state index contributed by atoms with van der Waals surface area (Å²) in [5.74, 6) is 1.96. The largest absolute Gasteiger partial charge is 0.496 e. The Kier molecular flexibility index (Phi) is 4.71. The highest BCUT2D eigenvalue weighted by Gasteiger charge is 2.39. The van der Waals surface area contributed by atoms with Crippen LogP contribution in [-0.2, 0) is 0 Å². The first-order valence-electron chi connectivity index (χ1n) is 10.2. The lowest BCUT2D eigenvalue weighted by molar-refractivity contribution is 0.1000. The van der Waals surface area contributed by atoms with Gasteiger partial charge in [-0.1, -0.05) is 19.1 Å². The van der Waals surface area contributed by atoms with Crippen LogP contribution in [0.2, 0.25) is 0 Å². The number of nitrogens with zero attached hydrogens (tertiary/aromatic N) is 2. The fraction of sp³-hybridized carbons (Fsp3) is 0.435. The van der Waals surface area contributed by atoms with Gasteiger partial charge in [0.1, 0.15) is 23.2 Å². The smallest absolute Gasteiger partial charge is 0.253 e. The van der Waals surface area contributed by atoms with Crippen LogP contribution in [0.1, 0.15) is 71.2 Å². The van der Waals surface area contributed by atoms with E-state index in [1.807, 2.05) is 13.8 Å². The van der Waals surface area contributed by atoms with Gasteiger partial charge in [0.15, 0.2) is 0 Å². The average molecular weight is 409 g/mol. The molecule has 1 atom stereocenters. The summed E-state index contributed by atoms with van der Waals surface area (Å²) in [6.07, 6.45) is 2.09. The minimum absolute atomic E-state index is 0.0326. The van der Waals surface area contributed by atoms with Gasteiger partial charge in [-0.15, -0.1) is 0 Å². The Morgan fingerprint density at radius 3 is 2.40 bits per heavy atom. The van der Waals surface area contributed by atoms with Crippen molar-refractivity contribution in [3.05, 3.63) is 46.0 Å². The number of ether oxygens (including phenoxy) is 1. The zero-order chi connectivity index (χ0) is 21.8. The number of hydrogen-bond donors (Lipinski definition) is 2. The summed E-state index contributed by atoms with van der Waals surface area (Å²) in [7, 11) is 1.68. The molecule has 158 valence electrons. The lowest BCUT2D eigenvalue weighted by Crippen LogP contribution is -2.20. The highest BCUT2D eigenvalue weighted by molar-refractivity contribution is 6.09. The molecule has 0 radical (unpaired) electrons. The first kappa shape index (κ1) is 20.2. The molecule has 1 aliphatic rings. The van der Waals surface area contributed by atoms with E-state index in [4.69, 9.17) is 19.9 Å². The van der Waals surface area contributed by atoms with Crippen molar-refractivity contribution in [2.24, 2.45) is 5.73 Å². The van der Waals surface area contributed by atoms with Crippen molar-refractivity contribution >= 4 is 22.8 Å². The summed E-state index contributed by atoms with van der Waals surface area (Å²) in [6.45, 7) is 9.99. The fourth-order valence-corrected chi connectivity index (χ4v) is 4.01. The molecule has 3 N–H and O–H groups in total. The molecule has 1 amide bonds. The number of nitrogens with two attached hydrogens (primary N) is 1. The highest BCUT2D eigenvalue weighted by Crippen LogP contribution is 2.41. The maximum atomic E-state index is 12.1. The summed E-state index contributed by atoms with van der Waals surface area (Å²) < 4.78 is 11.3. The Morgan fingerprint density at radius 1 is 1.23 bits per heavy atom. The molecule has 3 aromatic rings. The topological polar surface area (TPSA) is 103 Å². The summed E-state index contributed by atoms with van der Waals surface area (Å²) in [4.78, 5) is 21.6. The first-order chi connectivity index (χ1) is 14.1. The number of primary amides is 1. The number of nitrogens with one attached hydrogen (secondary N) is 1. The number of benzene rings is 1. The number of anilines is 1. The third kappa shape index (κ3) is 3.38. The molecule has 2 heterocycles. The average Bonchev–Trinajstić information content (AvgIpc) is 3.28. The number of aryl methyl sites for hydroxylation is 3. The van der Waals surface area contributed by atoms with Crippen LogP contribution >= 0.6 is 0 Å². The molecule has 1 fully saturated rings. The van der Waals surface area contributed by atoms with E-state index in [9.17, 15) is 4.79 Å². The van der Waals surface area contributed by atoms with E-state index in [0.29, 0.717) is 34.1 Å². The first-order valence-corrected chi connectivity index (χ1v) is 10.2. The van der Waals surface area contributed by atoms with Gasteiger partial charge in [-0.3, -0.25) is 4.79 Å². The van der Waals surface area contributed by atoms with E-state index in [0.717, 1.165) is 35.3 Å². The SMILES string of the molecule is COc1c(C)cc(C(C)c2nc(NC3(C)CC3)c3c(C(N)=O)c(C)oc3n2)cc1C.